The van der Waals surface area contributed by atoms with Gasteiger partial charge in [-0.05, 0) is 30.0 Å². The van der Waals surface area contributed by atoms with Crippen LogP contribution in [0.1, 0.15) is 57.4 Å². The number of allylic oxidation sites excluding steroid dienone is 1. The first-order valence-corrected chi connectivity index (χ1v) is 7.16. The molecule has 1 heteroatoms. The number of benzene rings is 1. The summed E-state index contributed by atoms with van der Waals surface area (Å²) in [5.74, 6) is 0. The third kappa shape index (κ3) is 5.45. The molecule has 0 nitrogen and oxygen atoms in total. The van der Waals surface area contributed by atoms with Crippen LogP contribution in [-0.2, 0) is 0 Å². The minimum Gasteiger partial charge on any atom is -0.143 e. The predicted molar refractivity (Wildman–Crippen MR) is 80.7 cm³/mol. The zero-order valence-electron chi connectivity index (χ0n) is 10.9. The van der Waals surface area contributed by atoms with Crippen molar-refractivity contribution in [2.75, 3.05) is 0 Å². The molecule has 0 unspecified atom stereocenters. The van der Waals surface area contributed by atoms with Crippen LogP contribution in [0.2, 0.25) is 0 Å². The normalized spacial score (nSPS) is 10.5. The molecular weight excluding hydrogens is 224 g/mol. The van der Waals surface area contributed by atoms with Gasteiger partial charge in [-0.25, -0.2) is 0 Å². The van der Waals surface area contributed by atoms with E-state index in [1.54, 1.807) is 0 Å². The highest BCUT2D eigenvalue weighted by Gasteiger charge is 2.02. The summed E-state index contributed by atoms with van der Waals surface area (Å²) in [4.78, 5) is 1.04. The molecule has 0 aliphatic heterocycles. The molecule has 0 spiro atoms. The molecule has 1 rings (SSSR count). The van der Waals surface area contributed by atoms with E-state index < -0.39 is 0 Å². The summed E-state index contributed by atoms with van der Waals surface area (Å²) in [5, 5.41) is 0. The summed E-state index contributed by atoms with van der Waals surface area (Å²) in [6.07, 6.45) is 9.12. The highest BCUT2D eigenvalue weighted by Crippen LogP contribution is 2.25. The van der Waals surface area contributed by atoms with Gasteiger partial charge in [0.1, 0.15) is 0 Å². The minimum absolute atomic E-state index is 1.04. The average molecular weight is 248 g/mol. The zero-order valence-corrected chi connectivity index (χ0v) is 11.8. The van der Waals surface area contributed by atoms with Crippen molar-refractivity contribution < 1.29 is 0 Å². The molecule has 0 aliphatic carbocycles. The first kappa shape index (κ1) is 14.4. The minimum atomic E-state index is 1.04. The molecule has 1 aromatic carbocycles. The molecule has 0 saturated carbocycles. The van der Waals surface area contributed by atoms with Gasteiger partial charge < -0.3 is 0 Å². The molecule has 94 valence electrons. The lowest BCUT2D eigenvalue weighted by molar-refractivity contribution is 0.613. The first-order valence-electron chi connectivity index (χ1n) is 6.72. The number of hydrogen-bond donors (Lipinski definition) is 1. The second-order valence-corrected chi connectivity index (χ2v) is 5.12. The third-order valence-corrected chi connectivity index (χ3v) is 3.51. The highest BCUT2D eigenvalue weighted by atomic mass is 32.1. The van der Waals surface area contributed by atoms with Crippen LogP contribution in [0, 0.1) is 0 Å². The first-order chi connectivity index (χ1) is 8.25. The van der Waals surface area contributed by atoms with Gasteiger partial charge in [-0.1, -0.05) is 63.8 Å². The van der Waals surface area contributed by atoms with Gasteiger partial charge in [-0.15, -0.1) is 12.6 Å². The Morgan fingerprint density at radius 3 is 2.41 bits per heavy atom. The van der Waals surface area contributed by atoms with Crippen LogP contribution < -0.4 is 0 Å². The number of hydrogen-bond acceptors (Lipinski definition) is 1. The van der Waals surface area contributed by atoms with E-state index in [-0.39, 0.29) is 0 Å². The van der Waals surface area contributed by atoms with Gasteiger partial charge in [0.2, 0.25) is 0 Å². The van der Waals surface area contributed by atoms with E-state index in [0.717, 1.165) is 11.3 Å². The van der Waals surface area contributed by atoms with Crippen molar-refractivity contribution in [2.45, 2.75) is 56.8 Å². The van der Waals surface area contributed by atoms with E-state index in [2.05, 4.69) is 38.3 Å². The summed E-state index contributed by atoms with van der Waals surface area (Å²) in [6.45, 7) is 6.43. The molecule has 17 heavy (non-hydrogen) atoms. The van der Waals surface area contributed by atoms with Crippen molar-refractivity contribution in [3.05, 3.63) is 36.4 Å². The Bertz CT molecular complexity index is 341. The summed E-state index contributed by atoms with van der Waals surface area (Å²) in [5.41, 5.74) is 2.44. The highest BCUT2D eigenvalue weighted by molar-refractivity contribution is 7.80. The van der Waals surface area contributed by atoms with Gasteiger partial charge in [-0.3, -0.25) is 0 Å². The molecule has 1 aromatic rings. The molecule has 0 atom stereocenters. The largest absolute Gasteiger partial charge is 0.143 e. The Hall–Kier alpha value is -0.690. The zero-order chi connectivity index (χ0) is 12.5. The fraction of sp³-hybridized carbons (Fsp3) is 0.500. The van der Waals surface area contributed by atoms with E-state index in [4.69, 9.17) is 0 Å². The molecule has 0 amide bonds. The average Bonchev–Trinajstić information content (AvgIpc) is 2.34. The van der Waals surface area contributed by atoms with Crippen molar-refractivity contribution in [1.82, 2.24) is 0 Å². The van der Waals surface area contributed by atoms with E-state index in [1.807, 2.05) is 12.1 Å². The van der Waals surface area contributed by atoms with Crippen molar-refractivity contribution in [2.24, 2.45) is 0 Å². The molecule has 0 N–H and O–H groups in total. The molecule has 0 aliphatic rings. The van der Waals surface area contributed by atoms with Crippen LogP contribution in [0.25, 0.3) is 5.57 Å². The number of rotatable bonds is 8. The smallest absolute Gasteiger partial charge is 0.0115 e. The van der Waals surface area contributed by atoms with Crippen molar-refractivity contribution in [1.29, 1.82) is 0 Å². The molecule has 0 fully saturated rings. The monoisotopic (exact) mass is 248 g/mol. The Morgan fingerprint density at radius 2 is 1.71 bits per heavy atom. The molecule has 0 heterocycles. The van der Waals surface area contributed by atoms with Crippen LogP contribution >= 0.6 is 12.6 Å². The molecular formula is C16H24S. The predicted octanol–water partition coefficient (Wildman–Crippen LogP) is 5.74. The molecule has 0 saturated heterocycles. The maximum atomic E-state index is 4.47. The maximum Gasteiger partial charge on any atom is 0.0115 e. The van der Waals surface area contributed by atoms with Gasteiger partial charge in [0.05, 0.1) is 0 Å². The van der Waals surface area contributed by atoms with Crippen LogP contribution in [-0.4, -0.2) is 0 Å². The second kappa shape index (κ2) is 8.41. The Labute approximate surface area is 112 Å². The van der Waals surface area contributed by atoms with E-state index in [9.17, 15) is 0 Å². The molecule has 0 aromatic heterocycles. The topological polar surface area (TPSA) is 0 Å². The van der Waals surface area contributed by atoms with Crippen molar-refractivity contribution >= 4 is 18.2 Å². The SMILES string of the molecule is C=C(CCCCCCCC)c1ccccc1S. The van der Waals surface area contributed by atoms with E-state index in [1.165, 1.54) is 49.7 Å². The summed E-state index contributed by atoms with van der Waals surface area (Å²) in [7, 11) is 0. The Kier molecular flexibility index (Phi) is 7.11. The number of thiol groups is 1. The lowest BCUT2D eigenvalue weighted by Gasteiger charge is -2.08. The lowest BCUT2D eigenvalue weighted by Crippen LogP contribution is -1.86. The maximum absolute atomic E-state index is 4.47. The van der Waals surface area contributed by atoms with Crippen LogP contribution in [0.5, 0.6) is 0 Å². The second-order valence-electron chi connectivity index (χ2n) is 4.64. The van der Waals surface area contributed by atoms with E-state index >= 15 is 0 Å². The van der Waals surface area contributed by atoms with Crippen LogP contribution in [0.4, 0.5) is 0 Å². The van der Waals surface area contributed by atoms with Crippen LogP contribution in [0.15, 0.2) is 35.7 Å². The molecule has 0 radical (unpaired) electrons. The number of unbranched alkanes of at least 4 members (excludes halogenated alkanes) is 5. The quantitative estimate of drug-likeness (QED) is 0.440. The van der Waals surface area contributed by atoms with Crippen LogP contribution in [0.3, 0.4) is 0 Å². The third-order valence-electron chi connectivity index (χ3n) is 3.12. The summed E-state index contributed by atoms with van der Waals surface area (Å²) in [6, 6.07) is 8.22. The van der Waals surface area contributed by atoms with Gasteiger partial charge in [0.25, 0.3) is 0 Å². The van der Waals surface area contributed by atoms with Crippen molar-refractivity contribution in [3.8, 4) is 0 Å². The fourth-order valence-electron chi connectivity index (χ4n) is 2.03. The molecule has 0 bridgehead atoms. The lowest BCUT2D eigenvalue weighted by atomic mass is 10.0. The summed E-state index contributed by atoms with van der Waals surface area (Å²) < 4.78 is 0. The van der Waals surface area contributed by atoms with Crippen molar-refractivity contribution in [3.63, 3.8) is 0 Å². The van der Waals surface area contributed by atoms with Gasteiger partial charge in [0.15, 0.2) is 0 Å². The van der Waals surface area contributed by atoms with Gasteiger partial charge in [0, 0.05) is 4.90 Å². The summed E-state index contributed by atoms with van der Waals surface area (Å²) >= 11 is 4.47. The van der Waals surface area contributed by atoms with Gasteiger partial charge >= 0.3 is 0 Å². The fourth-order valence-corrected chi connectivity index (χ4v) is 2.34. The van der Waals surface area contributed by atoms with E-state index in [0.29, 0.717) is 0 Å². The standard InChI is InChI=1S/C16H24S/c1-3-4-5-6-7-8-11-14(2)15-12-9-10-13-16(15)17/h9-10,12-13,17H,2-8,11H2,1H3. The van der Waals surface area contributed by atoms with Gasteiger partial charge in [-0.2, -0.15) is 0 Å². The Morgan fingerprint density at radius 1 is 1.06 bits per heavy atom. The Balaban J connectivity index is 2.24.